The minimum absolute atomic E-state index is 0.0820. The molecule has 1 aliphatic rings. The highest BCUT2D eigenvalue weighted by molar-refractivity contribution is 6.06. The minimum atomic E-state index is -0.435. The number of aromatic nitrogens is 1. The first-order valence-corrected chi connectivity index (χ1v) is 13.6. The number of hydrogen-bond donors (Lipinski definition) is 0. The topological polar surface area (TPSA) is 53.7 Å². The molecule has 3 aromatic carbocycles. The Morgan fingerprint density at radius 3 is 2.27 bits per heavy atom. The van der Waals surface area contributed by atoms with E-state index in [0.29, 0.717) is 6.54 Å². The molecule has 1 aromatic heterocycles. The van der Waals surface area contributed by atoms with Crippen molar-refractivity contribution in [3.05, 3.63) is 114 Å². The number of fused-ring (bicyclic) bond motifs is 3. The van der Waals surface area contributed by atoms with Crippen LogP contribution in [0.2, 0.25) is 0 Å². The molecule has 6 heteroatoms. The van der Waals surface area contributed by atoms with Gasteiger partial charge in [-0.1, -0.05) is 68.1 Å². The van der Waals surface area contributed by atoms with Crippen LogP contribution in [0.3, 0.4) is 0 Å². The van der Waals surface area contributed by atoms with Gasteiger partial charge in [-0.2, -0.15) is 0 Å². The number of pyridine rings is 1. The quantitative estimate of drug-likeness (QED) is 0.158. The van der Waals surface area contributed by atoms with Crippen molar-refractivity contribution in [1.29, 1.82) is 0 Å². The number of ether oxygens (including phenoxy) is 1. The molecule has 0 saturated heterocycles. The summed E-state index contributed by atoms with van der Waals surface area (Å²) in [5, 5.41) is 1.17. The van der Waals surface area contributed by atoms with E-state index in [4.69, 9.17) is 4.74 Å². The first kappa shape index (κ1) is 26.9. The lowest BCUT2D eigenvalue weighted by Crippen LogP contribution is -2.43. The Kier molecular flexibility index (Phi) is 8.06. The van der Waals surface area contributed by atoms with Crippen LogP contribution in [0, 0.1) is 0 Å². The van der Waals surface area contributed by atoms with Gasteiger partial charge in [0.1, 0.15) is 26.7 Å². The molecule has 0 N–H and O–H groups in total. The molecule has 40 heavy (non-hydrogen) atoms. The Bertz CT molecular complexity index is 1560. The molecule has 4 aromatic rings. The molecular formula is C34H34N3O3+. The highest BCUT2D eigenvalue weighted by Gasteiger charge is 2.29. The molecule has 0 bridgehead atoms. The number of amides is 1. The number of hydrogen-bond acceptors (Lipinski definition) is 4. The van der Waals surface area contributed by atoms with Crippen molar-refractivity contribution in [2.45, 2.75) is 13.3 Å². The molecule has 0 fully saturated rings. The monoisotopic (exact) mass is 532 g/mol. The number of carbonyl (C=O) groups excluding carboxylic acids is 2. The number of nitrogens with zero attached hydrogens (tertiary/aromatic N) is 3. The lowest BCUT2D eigenvalue weighted by Gasteiger charge is -2.35. The largest absolute Gasteiger partial charge is 0.460 e. The van der Waals surface area contributed by atoms with Gasteiger partial charge in [0.25, 0.3) is 0 Å². The fraction of sp³-hybridized carbons (Fsp3) is 0.206. The third-order valence-electron chi connectivity index (χ3n) is 7.16. The van der Waals surface area contributed by atoms with E-state index in [0.717, 1.165) is 45.6 Å². The number of benzene rings is 3. The summed E-state index contributed by atoms with van der Waals surface area (Å²) in [5.74, 6) is -0.564. The maximum Gasteiger partial charge on any atom is 0.325 e. The first-order chi connectivity index (χ1) is 19.5. The van der Waals surface area contributed by atoms with Crippen molar-refractivity contribution >= 4 is 45.8 Å². The van der Waals surface area contributed by atoms with Crippen LogP contribution in [-0.4, -0.2) is 43.0 Å². The normalized spacial score (nSPS) is 11.9. The van der Waals surface area contributed by atoms with E-state index < -0.39 is 5.97 Å². The van der Waals surface area contributed by atoms with E-state index >= 15 is 0 Å². The molecule has 0 radical (unpaired) electrons. The number of aryl methyl sites for hydroxylation is 1. The average Bonchev–Trinajstić information content (AvgIpc) is 2.98. The summed E-state index contributed by atoms with van der Waals surface area (Å²) in [4.78, 5) is 29.6. The molecule has 202 valence electrons. The minimum Gasteiger partial charge on any atom is -0.460 e. The number of anilines is 2. The van der Waals surface area contributed by atoms with Gasteiger partial charge in [-0.05, 0) is 41.8 Å². The fourth-order valence-corrected chi connectivity index (χ4v) is 5.29. The SMILES string of the molecule is C=CCOC(=O)CN(CCC)C(=O)CN1c2ccccc2C(=Cc2cc[n+](C)c3ccccc23)c2ccccc21. The summed E-state index contributed by atoms with van der Waals surface area (Å²) in [6.07, 6.45) is 6.60. The Hall–Kier alpha value is -4.71. The molecular weight excluding hydrogens is 498 g/mol. The molecule has 5 rings (SSSR count). The van der Waals surface area contributed by atoms with Crippen molar-refractivity contribution in [3.63, 3.8) is 0 Å². The number of rotatable bonds is 9. The number of para-hydroxylation sites is 3. The van der Waals surface area contributed by atoms with Crippen LogP contribution < -0.4 is 9.47 Å². The van der Waals surface area contributed by atoms with Gasteiger partial charge in [-0.15, -0.1) is 0 Å². The van der Waals surface area contributed by atoms with Gasteiger partial charge in [0.05, 0.1) is 5.39 Å². The van der Waals surface area contributed by atoms with Crippen LogP contribution in [0.1, 0.15) is 30.0 Å². The van der Waals surface area contributed by atoms with Crippen molar-refractivity contribution in [1.82, 2.24) is 4.90 Å². The molecule has 1 aliphatic heterocycles. The Morgan fingerprint density at radius 2 is 1.60 bits per heavy atom. The predicted molar refractivity (Wildman–Crippen MR) is 160 cm³/mol. The first-order valence-electron chi connectivity index (χ1n) is 13.6. The van der Waals surface area contributed by atoms with Crippen molar-refractivity contribution in [3.8, 4) is 0 Å². The number of carbonyl (C=O) groups is 2. The molecule has 6 nitrogen and oxygen atoms in total. The second-order valence-electron chi connectivity index (χ2n) is 9.86. The third kappa shape index (κ3) is 5.38. The van der Waals surface area contributed by atoms with Crippen LogP contribution >= 0.6 is 0 Å². The number of esters is 1. The van der Waals surface area contributed by atoms with Gasteiger partial charge in [0.15, 0.2) is 6.20 Å². The van der Waals surface area contributed by atoms with Gasteiger partial charge < -0.3 is 14.5 Å². The van der Waals surface area contributed by atoms with Crippen LogP contribution in [0.15, 0.2) is 97.7 Å². The Morgan fingerprint density at radius 1 is 0.950 bits per heavy atom. The Balaban J connectivity index is 1.55. The molecule has 2 heterocycles. The smallest absolute Gasteiger partial charge is 0.325 e. The molecule has 0 unspecified atom stereocenters. The molecule has 0 saturated carbocycles. The maximum atomic E-state index is 13.6. The zero-order valence-corrected chi connectivity index (χ0v) is 23.0. The van der Waals surface area contributed by atoms with E-state index in [1.54, 1.807) is 4.90 Å². The third-order valence-corrected chi connectivity index (χ3v) is 7.16. The van der Waals surface area contributed by atoms with Gasteiger partial charge in [-0.3, -0.25) is 9.59 Å². The lowest BCUT2D eigenvalue weighted by molar-refractivity contribution is -0.644. The van der Waals surface area contributed by atoms with Crippen LogP contribution in [0.25, 0.3) is 22.6 Å². The van der Waals surface area contributed by atoms with Crippen molar-refractivity contribution in [2.24, 2.45) is 7.05 Å². The summed E-state index contributed by atoms with van der Waals surface area (Å²) in [6.45, 7) is 6.21. The van der Waals surface area contributed by atoms with Gasteiger partial charge in [0.2, 0.25) is 11.4 Å². The second kappa shape index (κ2) is 12.0. The lowest BCUT2D eigenvalue weighted by atomic mass is 9.88. The van der Waals surface area contributed by atoms with Gasteiger partial charge in [-0.25, -0.2) is 4.57 Å². The summed E-state index contributed by atoms with van der Waals surface area (Å²) in [7, 11) is 2.06. The van der Waals surface area contributed by atoms with E-state index in [-0.39, 0.29) is 25.6 Å². The van der Waals surface area contributed by atoms with Crippen molar-refractivity contribution < 1.29 is 18.9 Å². The van der Waals surface area contributed by atoms with E-state index in [1.807, 2.05) is 31.2 Å². The molecule has 0 atom stereocenters. The van der Waals surface area contributed by atoms with E-state index in [2.05, 4.69) is 90.0 Å². The Labute approximate surface area is 235 Å². The fourth-order valence-electron chi connectivity index (χ4n) is 5.29. The second-order valence-corrected chi connectivity index (χ2v) is 9.86. The maximum absolute atomic E-state index is 13.6. The van der Waals surface area contributed by atoms with Crippen LogP contribution in [0.4, 0.5) is 11.4 Å². The zero-order chi connectivity index (χ0) is 28.1. The van der Waals surface area contributed by atoms with Crippen LogP contribution in [0.5, 0.6) is 0 Å². The van der Waals surface area contributed by atoms with Crippen LogP contribution in [-0.2, 0) is 21.4 Å². The molecule has 0 spiro atoms. The van der Waals surface area contributed by atoms with Crippen molar-refractivity contribution in [2.75, 3.05) is 31.1 Å². The summed E-state index contributed by atoms with van der Waals surface area (Å²) < 4.78 is 7.28. The predicted octanol–water partition coefficient (Wildman–Crippen LogP) is 5.67. The van der Waals surface area contributed by atoms with Gasteiger partial charge >= 0.3 is 5.97 Å². The zero-order valence-electron chi connectivity index (χ0n) is 23.0. The molecule has 1 amide bonds. The van der Waals surface area contributed by atoms with E-state index in [9.17, 15) is 9.59 Å². The average molecular weight is 533 g/mol. The summed E-state index contributed by atoms with van der Waals surface area (Å²) in [6, 6.07) is 26.9. The summed E-state index contributed by atoms with van der Waals surface area (Å²) in [5.41, 5.74) is 7.41. The van der Waals surface area contributed by atoms with E-state index in [1.165, 1.54) is 11.5 Å². The highest BCUT2D eigenvalue weighted by Crippen LogP contribution is 2.45. The standard InChI is InChI=1S/C34H34N3O3/c1-4-19-36(24-34(39)40-21-5-2)33(38)23-37-31-16-10-7-13-27(31)29(28-14-8-11-17-32(28)37)22-25-18-20-35(3)30-15-9-6-12-26(25)30/h5-18,20,22H,2,4,19,21,23-24H2,1,3H3/q+1. The molecule has 0 aliphatic carbocycles. The van der Waals surface area contributed by atoms with Gasteiger partial charge in [0, 0.05) is 41.2 Å². The summed E-state index contributed by atoms with van der Waals surface area (Å²) >= 11 is 0. The highest BCUT2D eigenvalue weighted by atomic mass is 16.5.